The van der Waals surface area contributed by atoms with E-state index in [2.05, 4.69) is 19.2 Å². The molecule has 0 aromatic heterocycles. The molecule has 2 aromatic rings. The number of rotatable bonds is 9. The largest absolute Gasteiger partial charge is 0.468 e. The average Bonchev–Trinajstić information content (AvgIpc) is 2.84. The Kier molecular flexibility index (Phi) is 9.07. The third kappa shape index (κ3) is 5.56. The molecule has 3 rings (SSSR count). The van der Waals surface area contributed by atoms with Crippen molar-refractivity contribution in [3.63, 3.8) is 0 Å². The minimum absolute atomic E-state index is 0.0153. The lowest BCUT2D eigenvalue weighted by atomic mass is 9.65. The Morgan fingerprint density at radius 1 is 1.19 bits per heavy atom. The van der Waals surface area contributed by atoms with E-state index in [0.29, 0.717) is 29.1 Å². The summed E-state index contributed by atoms with van der Waals surface area (Å²) in [5.74, 6) is -1.49. The number of likely N-dealkylation sites (N-methyl/N-ethyl adjacent to an activating group) is 1. The minimum Gasteiger partial charge on any atom is -0.468 e. The third-order valence-electron chi connectivity index (χ3n) is 7.87. The molecule has 1 saturated carbocycles. The summed E-state index contributed by atoms with van der Waals surface area (Å²) in [6.07, 6.45) is 4.38. The van der Waals surface area contributed by atoms with E-state index in [0.717, 1.165) is 31.2 Å². The molecular weight excluding hydrogens is 502 g/mol. The zero-order valence-electron chi connectivity index (χ0n) is 21.5. The van der Waals surface area contributed by atoms with E-state index in [1.807, 2.05) is 24.9 Å². The van der Waals surface area contributed by atoms with Crippen molar-refractivity contribution in [3.8, 4) is 0 Å². The molecule has 0 spiro atoms. The van der Waals surface area contributed by atoms with Crippen molar-refractivity contribution < 1.29 is 18.7 Å². The maximum Gasteiger partial charge on any atom is 0.323 e. The number of halogens is 3. The van der Waals surface area contributed by atoms with Gasteiger partial charge in [0.2, 0.25) is 6.41 Å². The Bertz CT molecular complexity index is 1100. The van der Waals surface area contributed by atoms with Crippen LogP contribution in [0.5, 0.6) is 0 Å². The van der Waals surface area contributed by atoms with Crippen LogP contribution < -0.4 is 5.32 Å². The van der Waals surface area contributed by atoms with Crippen LogP contribution in [0.15, 0.2) is 36.4 Å². The lowest BCUT2D eigenvalue weighted by molar-refractivity contribution is -0.152. The zero-order valence-corrected chi connectivity index (χ0v) is 23.0. The van der Waals surface area contributed by atoms with Crippen molar-refractivity contribution in [1.82, 2.24) is 4.90 Å². The second-order valence-electron chi connectivity index (χ2n) is 10.4. The van der Waals surface area contributed by atoms with Crippen LogP contribution >= 0.6 is 23.2 Å². The van der Waals surface area contributed by atoms with E-state index in [4.69, 9.17) is 27.9 Å². The molecule has 0 radical (unpaired) electrons. The van der Waals surface area contributed by atoms with Gasteiger partial charge in [-0.15, -0.1) is 0 Å². The lowest BCUT2D eigenvalue weighted by Crippen LogP contribution is -2.56. The van der Waals surface area contributed by atoms with Crippen molar-refractivity contribution in [2.45, 2.75) is 70.4 Å². The van der Waals surface area contributed by atoms with Gasteiger partial charge in [0.1, 0.15) is 11.9 Å². The van der Waals surface area contributed by atoms with Crippen LogP contribution in [-0.2, 0) is 19.9 Å². The number of ether oxygens (including phenoxy) is 1. The van der Waals surface area contributed by atoms with Crippen LogP contribution in [0.25, 0.3) is 0 Å². The quantitative estimate of drug-likeness (QED) is 0.272. The molecule has 1 fully saturated rings. The van der Waals surface area contributed by atoms with Gasteiger partial charge in [-0.3, -0.25) is 14.5 Å². The van der Waals surface area contributed by atoms with Gasteiger partial charge < -0.3 is 10.1 Å². The molecule has 0 saturated heterocycles. The number of nitrogens with one attached hydrogen (secondary N) is 1. The van der Waals surface area contributed by atoms with Crippen molar-refractivity contribution in [1.29, 1.82) is 0 Å². The van der Waals surface area contributed by atoms with E-state index in [9.17, 15) is 9.59 Å². The monoisotopic (exact) mass is 536 g/mol. The lowest BCUT2D eigenvalue weighted by Gasteiger charge is -2.52. The molecule has 0 unspecified atom stereocenters. The van der Waals surface area contributed by atoms with E-state index in [-0.39, 0.29) is 10.4 Å². The Hall–Kier alpha value is -2.15. The topological polar surface area (TPSA) is 58.6 Å². The summed E-state index contributed by atoms with van der Waals surface area (Å²) in [4.78, 5) is 26.9. The summed E-state index contributed by atoms with van der Waals surface area (Å²) in [6.45, 7) is 6.39. The Labute approximate surface area is 223 Å². The van der Waals surface area contributed by atoms with Crippen molar-refractivity contribution in [2.24, 2.45) is 5.41 Å². The molecule has 0 bridgehead atoms. The summed E-state index contributed by atoms with van der Waals surface area (Å²) in [7, 11) is 3.24. The summed E-state index contributed by atoms with van der Waals surface area (Å²) in [5.41, 5.74) is 1.33. The SMILES string of the molecule is CC[C@@H](c1cccc(Cl)c1F)[C@H](C(=O)OC)N(C)C1(c2ccc(Cl)cc2NC=O)CCC(C)(C)CC1. The van der Waals surface area contributed by atoms with Crippen LogP contribution in [0.2, 0.25) is 10.0 Å². The molecule has 0 aliphatic heterocycles. The van der Waals surface area contributed by atoms with Crippen molar-refractivity contribution in [2.75, 3.05) is 19.5 Å². The van der Waals surface area contributed by atoms with Crippen molar-refractivity contribution >= 4 is 41.3 Å². The van der Waals surface area contributed by atoms with Gasteiger partial charge in [0.25, 0.3) is 0 Å². The van der Waals surface area contributed by atoms with Gasteiger partial charge in [0.05, 0.1) is 12.1 Å². The standard InChI is InChI=1S/C28H35Cl2FN2O3/c1-6-19(20-8-7-9-22(30)24(20)31)25(26(35)36-5)33(4)28(14-12-27(2,3)13-15-28)21-11-10-18(29)16-23(21)32-17-34/h7-11,16-17,19,25H,6,12-15H2,1-5H3,(H,32,34)/t19-,25+/m0/s1. The first kappa shape index (κ1) is 28.4. The third-order valence-corrected chi connectivity index (χ3v) is 8.39. The number of esters is 1. The number of anilines is 1. The maximum absolute atomic E-state index is 15.2. The first-order valence-corrected chi connectivity index (χ1v) is 13.0. The number of hydrogen-bond donors (Lipinski definition) is 1. The van der Waals surface area contributed by atoms with Gasteiger partial charge in [-0.25, -0.2) is 4.39 Å². The normalized spacial score (nSPS) is 18.4. The number of nitrogens with zero attached hydrogens (tertiary/aromatic N) is 1. The average molecular weight is 538 g/mol. The zero-order chi connectivity index (χ0) is 26.7. The van der Waals surface area contributed by atoms with E-state index < -0.39 is 29.3 Å². The summed E-state index contributed by atoms with van der Waals surface area (Å²) in [5, 5.41) is 3.31. The van der Waals surface area contributed by atoms with E-state index in [1.54, 1.807) is 24.3 Å². The number of carbonyl (C=O) groups is 2. The molecule has 36 heavy (non-hydrogen) atoms. The fourth-order valence-electron chi connectivity index (χ4n) is 5.66. The predicted octanol–water partition coefficient (Wildman–Crippen LogP) is 7.16. The number of benzene rings is 2. The van der Waals surface area contributed by atoms with Crippen LogP contribution in [-0.4, -0.2) is 37.5 Å². The van der Waals surface area contributed by atoms with Crippen LogP contribution in [0.3, 0.4) is 0 Å². The highest BCUT2D eigenvalue weighted by atomic mass is 35.5. The molecule has 2 aromatic carbocycles. The van der Waals surface area contributed by atoms with Crippen LogP contribution in [0.1, 0.15) is 69.9 Å². The summed E-state index contributed by atoms with van der Waals surface area (Å²) < 4.78 is 20.5. The van der Waals surface area contributed by atoms with Gasteiger partial charge >= 0.3 is 5.97 Å². The highest BCUT2D eigenvalue weighted by Gasteiger charge is 2.49. The van der Waals surface area contributed by atoms with Gasteiger partial charge in [-0.2, -0.15) is 0 Å². The molecule has 5 nitrogen and oxygen atoms in total. The Balaban J connectivity index is 2.22. The first-order valence-electron chi connectivity index (χ1n) is 12.3. The highest BCUT2D eigenvalue weighted by molar-refractivity contribution is 6.31. The van der Waals surface area contributed by atoms with E-state index >= 15 is 4.39 Å². The molecular formula is C28H35Cl2FN2O3. The minimum atomic E-state index is -0.797. The molecule has 2 atom stereocenters. The highest BCUT2D eigenvalue weighted by Crippen LogP contribution is 2.52. The molecule has 0 heterocycles. The molecule has 1 amide bonds. The number of carbonyl (C=O) groups excluding carboxylic acids is 2. The molecule has 196 valence electrons. The first-order chi connectivity index (χ1) is 17.0. The molecule has 1 aliphatic carbocycles. The Morgan fingerprint density at radius 3 is 2.44 bits per heavy atom. The smallest absolute Gasteiger partial charge is 0.323 e. The second kappa shape index (κ2) is 11.5. The summed E-state index contributed by atoms with van der Waals surface area (Å²) >= 11 is 12.4. The fraction of sp³-hybridized carbons (Fsp3) is 0.500. The van der Waals surface area contributed by atoms with Gasteiger partial charge in [-0.05, 0) is 73.9 Å². The van der Waals surface area contributed by atoms with Gasteiger partial charge in [0.15, 0.2) is 0 Å². The van der Waals surface area contributed by atoms with Gasteiger partial charge in [-0.1, -0.05) is 62.2 Å². The van der Waals surface area contributed by atoms with Crippen LogP contribution in [0, 0.1) is 11.2 Å². The number of amides is 1. The van der Waals surface area contributed by atoms with Gasteiger partial charge in [0, 0.05) is 22.2 Å². The molecule has 8 heteroatoms. The fourth-order valence-corrected chi connectivity index (χ4v) is 6.01. The second-order valence-corrected chi connectivity index (χ2v) is 11.2. The summed E-state index contributed by atoms with van der Waals surface area (Å²) in [6, 6.07) is 9.51. The van der Waals surface area contributed by atoms with Crippen molar-refractivity contribution in [3.05, 3.63) is 63.4 Å². The molecule has 1 N–H and O–H groups in total. The number of methoxy groups -OCH3 is 1. The van der Waals surface area contributed by atoms with E-state index in [1.165, 1.54) is 13.2 Å². The Morgan fingerprint density at radius 2 is 1.86 bits per heavy atom. The van der Waals surface area contributed by atoms with Crippen LogP contribution in [0.4, 0.5) is 10.1 Å². The number of hydrogen-bond acceptors (Lipinski definition) is 4. The molecule has 1 aliphatic rings. The maximum atomic E-state index is 15.2. The predicted molar refractivity (Wildman–Crippen MR) is 143 cm³/mol.